The zero-order valence-corrected chi connectivity index (χ0v) is 19.0. The number of hydrogen-bond donors (Lipinski definition) is 1. The zero-order valence-electron chi connectivity index (χ0n) is 17.4. The van der Waals surface area contributed by atoms with E-state index in [1.807, 2.05) is 46.0 Å². The third-order valence-electron chi connectivity index (χ3n) is 4.18. The van der Waals surface area contributed by atoms with Crippen molar-refractivity contribution >= 4 is 40.3 Å². The summed E-state index contributed by atoms with van der Waals surface area (Å²) in [6, 6.07) is 3.93. The van der Waals surface area contributed by atoms with Crippen LogP contribution < -0.4 is 10.9 Å². The van der Waals surface area contributed by atoms with Crippen LogP contribution in [0, 0.1) is 0 Å². The van der Waals surface area contributed by atoms with Crippen molar-refractivity contribution in [1.82, 2.24) is 24.5 Å². The summed E-state index contributed by atoms with van der Waals surface area (Å²) in [6.07, 6.45) is 4.15. The van der Waals surface area contributed by atoms with E-state index in [9.17, 15) is 4.79 Å². The molecule has 7 nitrogen and oxygen atoms in total. The number of fused-ring (bicyclic) bond motifs is 1. The maximum absolute atomic E-state index is 13.0. The van der Waals surface area contributed by atoms with Gasteiger partial charge in [0.1, 0.15) is 5.52 Å². The highest BCUT2D eigenvalue weighted by Gasteiger charge is 2.16. The van der Waals surface area contributed by atoms with Gasteiger partial charge >= 0.3 is 0 Å². The molecule has 0 saturated heterocycles. The van der Waals surface area contributed by atoms with Crippen LogP contribution in [0.1, 0.15) is 52.8 Å². The Bertz CT molecular complexity index is 993. The van der Waals surface area contributed by atoms with Crippen molar-refractivity contribution in [1.29, 1.82) is 0 Å². The van der Waals surface area contributed by atoms with E-state index in [0.717, 1.165) is 22.8 Å². The van der Waals surface area contributed by atoms with E-state index < -0.39 is 0 Å². The summed E-state index contributed by atoms with van der Waals surface area (Å²) in [4.78, 5) is 31.1. The molecule has 0 saturated carbocycles. The molecule has 9 heteroatoms. The van der Waals surface area contributed by atoms with Gasteiger partial charge in [-0.05, 0) is 42.8 Å². The van der Waals surface area contributed by atoms with Gasteiger partial charge in [0.05, 0.1) is 18.4 Å². The second-order valence-electron chi connectivity index (χ2n) is 6.01. The molecule has 0 unspecified atom stereocenters. The van der Waals surface area contributed by atoms with Crippen LogP contribution in [0.25, 0.3) is 11.2 Å². The monoisotopic (exact) mass is 434 g/mol. The van der Waals surface area contributed by atoms with E-state index in [-0.39, 0.29) is 22.7 Å². The summed E-state index contributed by atoms with van der Waals surface area (Å²) < 4.78 is 1.62. The molecular weight excluding hydrogens is 408 g/mol. The lowest BCUT2D eigenvalue weighted by atomic mass is 10.2. The summed E-state index contributed by atoms with van der Waals surface area (Å²) in [5, 5.41) is 3.20. The minimum absolute atomic E-state index is 0.0435. The molecule has 3 aromatic rings. The van der Waals surface area contributed by atoms with E-state index in [0.29, 0.717) is 17.7 Å². The number of aromatic nitrogens is 5. The Morgan fingerprint density at radius 3 is 2.55 bits per heavy atom. The second kappa shape index (κ2) is 11.1. The van der Waals surface area contributed by atoms with Gasteiger partial charge < -0.3 is 5.32 Å². The highest BCUT2D eigenvalue weighted by atomic mass is 35.5. The summed E-state index contributed by atoms with van der Waals surface area (Å²) in [5.41, 5.74) is 1.56. The molecule has 0 amide bonds. The number of nitrogens with one attached hydrogen (secondary N) is 1. The maximum Gasteiger partial charge on any atom is 0.295 e. The number of hydrogen-bond acceptors (Lipinski definition) is 7. The van der Waals surface area contributed by atoms with Crippen LogP contribution >= 0.6 is 23.4 Å². The molecule has 0 fully saturated rings. The van der Waals surface area contributed by atoms with Gasteiger partial charge in [-0.15, -0.1) is 11.8 Å². The number of anilines is 1. The third-order valence-corrected chi connectivity index (χ3v) is 5.23. The van der Waals surface area contributed by atoms with Gasteiger partial charge in [-0.25, -0.2) is 9.97 Å². The molecule has 0 aliphatic rings. The fraction of sp³-hybridized carbons (Fsp3) is 0.450. The van der Waals surface area contributed by atoms with Crippen LogP contribution in [0.3, 0.4) is 0 Å². The van der Waals surface area contributed by atoms with Crippen molar-refractivity contribution in [3.8, 4) is 0 Å². The van der Waals surface area contributed by atoms with E-state index >= 15 is 0 Å². The van der Waals surface area contributed by atoms with Crippen molar-refractivity contribution in [3.63, 3.8) is 0 Å². The standard InChI is InChI=1S/C18H21ClN6OS.C2H6/c1-4-11(3)25-16-14(10-22-18(19)24-16)23-15(17(25)26)21-8-12-6-7-13(9-20-12)27-5-2;1-2/h6-7,9-11H,4-5,8H2,1-3H3,(H,21,23);1-2H3/t11-;/m1./s1. The molecule has 1 atom stereocenters. The first-order valence-corrected chi connectivity index (χ1v) is 11.2. The van der Waals surface area contributed by atoms with E-state index in [2.05, 4.69) is 32.2 Å². The van der Waals surface area contributed by atoms with Gasteiger partial charge in [0.2, 0.25) is 5.28 Å². The molecule has 156 valence electrons. The Labute approximate surface area is 180 Å². The number of halogens is 1. The zero-order chi connectivity index (χ0) is 21.4. The molecule has 3 aromatic heterocycles. The van der Waals surface area contributed by atoms with Crippen LogP contribution in [0.4, 0.5) is 5.82 Å². The fourth-order valence-electron chi connectivity index (χ4n) is 2.63. The number of pyridine rings is 1. The molecule has 0 aliphatic carbocycles. The normalized spacial score (nSPS) is 11.7. The van der Waals surface area contributed by atoms with E-state index in [1.54, 1.807) is 16.3 Å². The van der Waals surface area contributed by atoms with Crippen molar-refractivity contribution < 1.29 is 0 Å². The van der Waals surface area contributed by atoms with E-state index in [1.165, 1.54) is 6.20 Å². The van der Waals surface area contributed by atoms with Crippen LogP contribution in [0.5, 0.6) is 0 Å². The molecule has 0 bridgehead atoms. The van der Waals surface area contributed by atoms with Crippen molar-refractivity contribution in [2.24, 2.45) is 0 Å². The van der Waals surface area contributed by atoms with Crippen molar-refractivity contribution in [2.45, 2.75) is 58.5 Å². The second-order valence-corrected chi connectivity index (χ2v) is 7.69. The summed E-state index contributed by atoms with van der Waals surface area (Å²) >= 11 is 7.65. The van der Waals surface area contributed by atoms with Crippen LogP contribution in [0.15, 0.2) is 34.2 Å². The minimum Gasteiger partial charge on any atom is -0.360 e. The van der Waals surface area contributed by atoms with Gasteiger partial charge in [-0.3, -0.25) is 14.3 Å². The summed E-state index contributed by atoms with van der Waals surface area (Å²) in [5.74, 6) is 1.25. The predicted octanol–water partition coefficient (Wildman–Crippen LogP) is 4.96. The predicted molar refractivity (Wildman–Crippen MR) is 121 cm³/mol. The first kappa shape index (κ1) is 23.1. The van der Waals surface area contributed by atoms with Gasteiger partial charge in [-0.1, -0.05) is 27.7 Å². The lowest BCUT2D eigenvalue weighted by molar-refractivity contribution is 0.526. The van der Waals surface area contributed by atoms with Gasteiger partial charge in [-0.2, -0.15) is 4.98 Å². The lowest BCUT2D eigenvalue weighted by Gasteiger charge is -2.17. The molecule has 0 aromatic carbocycles. The Kier molecular flexibility index (Phi) is 8.85. The highest BCUT2D eigenvalue weighted by molar-refractivity contribution is 7.99. The summed E-state index contributed by atoms with van der Waals surface area (Å²) in [7, 11) is 0. The third kappa shape index (κ3) is 5.67. The minimum atomic E-state index is -0.232. The van der Waals surface area contributed by atoms with E-state index in [4.69, 9.17) is 11.6 Å². The topological polar surface area (TPSA) is 85.6 Å². The average Bonchev–Trinajstić information content (AvgIpc) is 2.74. The molecule has 29 heavy (non-hydrogen) atoms. The van der Waals surface area contributed by atoms with Crippen molar-refractivity contribution in [2.75, 3.05) is 11.1 Å². The number of nitrogens with zero attached hydrogens (tertiary/aromatic N) is 5. The fourth-order valence-corrected chi connectivity index (χ4v) is 3.38. The number of thioether (sulfide) groups is 1. The first-order valence-electron chi connectivity index (χ1n) is 9.79. The largest absolute Gasteiger partial charge is 0.360 e. The van der Waals surface area contributed by atoms with Crippen LogP contribution in [-0.4, -0.2) is 30.3 Å². The molecule has 1 N–H and O–H groups in total. The quantitative estimate of drug-likeness (QED) is 0.415. The molecule has 0 radical (unpaired) electrons. The summed E-state index contributed by atoms with van der Waals surface area (Å²) in [6.45, 7) is 10.5. The van der Waals surface area contributed by atoms with Gasteiger partial charge in [0, 0.05) is 17.1 Å². The Balaban J connectivity index is 0.00000145. The van der Waals surface area contributed by atoms with Crippen molar-refractivity contribution in [3.05, 3.63) is 45.9 Å². The maximum atomic E-state index is 13.0. The molecule has 3 rings (SSSR count). The average molecular weight is 435 g/mol. The molecule has 0 spiro atoms. The SMILES string of the molecule is CC.CCSc1ccc(CNc2nc3cnc(Cl)nc3n([C@H](C)CC)c2=O)nc1. The molecular formula is C20H27ClN6OS. The smallest absolute Gasteiger partial charge is 0.295 e. The highest BCUT2D eigenvalue weighted by Crippen LogP contribution is 2.19. The van der Waals surface area contributed by atoms with Crippen LogP contribution in [-0.2, 0) is 6.54 Å². The van der Waals surface area contributed by atoms with Gasteiger partial charge in [0.15, 0.2) is 11.5 Å². The van der Waals surface area contributed by atoms with Gasteiger partial charge in [0.25, 0.3) is 5.56 Å². The first-order chi connectivity index (χ1) is 14.0. The molecule has 3 heterocycles. The van der Waals surface area contributed by atoms with Crippen LogP contribution in [0.2, 0.25) is 5.28 Å². The lowest BCUT2D eigenvalue weighted by Crippen LogP contribution is -2.28. The Hall–Kier alpha value is -2.19. The Morgan fingerprint density at radius 1 is 1.17 bits per heavy atom. The number of rotatable bonds is 7. The molecule has 0 aliphatic heterocycles. The Morgan fingerprint density at radius 2 is 1.93 bits per heavy atom.